The Balaban J connectivity index is 1.79. The predicted octanol–water partition coefficient (Wildman–Crippen LogP) is 2.66. The van der Waals surface area contributed by atoms with Gasteiger partial charge in [-0.1, -0.05) is 37.8 Å². The molecular weight excluding hydrogens is 290 g/mol. The molecule has 124 valence electrons. The van der Waals surface area contributed by atoms with Gasteiger partial charge in [-0.05, 0) is 31.9 Å². The first kappa shape index (κ1) is 15.8. The van der Waals surface area contributed by atoms with E-state index in [1.807, 2.05) is 31.2 Å². The summed E-state index contributed by atoms with van der Waals surface area (Å²) in [5.74, 6) is -0.0574. The van der Waals surface area contributed by atoms with Gasteiger partial charge in [-0.25, -0.2) is 4.79 Å². The van der Waals surface area contributed by atoms with E-state index in [9.17, 15) is 9.59 Å². The van der Waals surface area contributed by atoms with Gasteiger partial charge in [0.05, 0.1) is 11.0 Å². The Labute approximate surface area is 136 Å². The number of imidazole rings is 1. The van der Waals surface area contributed by atoms with Crippen molar-refractivity contribution >= 4 is 16.9 Å². The van der Waals surface area contributed by atoms with E-state index < -0.39 is 0 Å². The molecule has 0 radical (unpaired) electrons. The van der Waals surface area contributed by atoms with Crippen molar-refractivity contribution < 1.29 is 4.79 Å². The van der Waals surface area contributed by atoms with Crippen LogP contribution in [0.2, 0.25) is 0 Å². The number of aryl methyl sites for hydroxylation is 1. The molecule has 5 nitrogen and oxygen atoms in total. The van der Waals surface area contributed by atoms with Crippen LogP contribution in [0.3, 0.4) is 0 Å². The van der Waals surface area contributed by atoms with Gasteiger partial charge in [-0.3, -0.25) is 13.9 Å². The molecule has 1 aliphatic rings. The summed E-state index contributed by atoms with van der Waals surface area (Å²) in [7, 11) is 0. The molecule has 1 aromatic carbocycles. The minimum Gasteiger partial charge on any atom is -0.352 e. The van der Waals surface area contributed by atoms with Gasteiger partial charge in [0.15, 0.2) is 0 Å². The van der Waals surface area contributed by atoms with Crippen LogP contribution in [-0.4, -0.2) is 21.1 Å². The van der Waals surface area contributed by atoms with Crippen LogP contribution >= 0.6 is 0 Å². The van der Waals surface area contributed by atoms with Crippen LogP contribution in [0.4, 0.5) is 0 Å². The number of nitrogens with one attached hydrogen (secondary N) is 1. The lowest BCUT2D eigenvalue weighted by Gasteiger charge is -2.16. The van der Waals surface area contributed by atoms with Crippen molar-refractivity contribution in [3.05, 3.63) is 34.7 Å². The first-order valence-corrected chi connectivity index (χ1v) is 8.68. The van der Waals surface area contributed by atoms with Gasteiger partial charge in [0, 0.05) is 12.6 Å². The van der Waals surface area contributed by atoms with Crippen molar-refractivity contribution in [3.63, 3.8) is 0 Å². The van der Waals surface area contributed by atoms with E-state index in [2.05, 4.69) is 5.32 Å². The average Bonchev–Trinajstić information content (AvgIpc) is 2.72. The summed E-state index contributed by atoms with van der Waals surface area (Å²) in [5.41, 5.74) is 1.61. The zero-order chi connectivity index (χ0) is 16.2. The van der Waals surface area contributed by atoms with Gasteiger partial charge in [-0.15, -0.1) is 0 Å². The summed E-state index contributed by atoms with van der Waals surface area (Å²) in [6, 6.07) is 7.92. The van der Waals surface area contributed by atoms with E-state index in [4.69, 9.17) is 0 Å². The molecule has 1 amide bonds. The molecule has 23 heavy (non-hydrogen) atoms. The fourth-order valence-electron chi connectivity index (χ4n) is 3.57. The van der Waals surface area contributed by atoms with Crippen LogP contribution in [0.5, 0.6) is 0 Å². The highest BCUT2D eigenvalue weighted by Gasteiger charge is 2.18. The Morgan fingerprint density at radius 2 is 1.70 bits per heavy atom. The number of benzene rings is 1. The largest absolute Gasteiger partial charge is 0.352 e. The van der Waals surface area contributed by atoms with Crippen LogP contribution < -0.4 is 11.0 Å². The quantitative estimate of drug-likeness (QED) is 0.882. The van der Waals surface area contributed by atoms with Gasteiger partial charge >= 0.3 is 5.69 Å². The molecule has 0 spiro atoms. The second-order valence-electron chi connectivity index (χ2n) is 6.36. The maximum atomic E-state index is 12.5. The molecule has 5 heteroatoms. The lowest BCUT2D eigenvalue weighted by molar-refractivity contribution is -0.122. The maximum Gasteiger partial charge on any atom is 0.329 e. The number of rotatable bonds is 4. The number of para-hydroxylation sites is 2. The number of amides is 1. The predicted molar refractivity (Wildman–Crippen MR) is 91.5 cm³/mol. The number of hydrogen-bond acceptors (Lipinski definition) is 2. The molecule has 0 bridgehead atoms. The highest BCUT2D eigenvalue weighted by atomic mass is 16.2. The van der Waals surface area contributed by atoms with Crippen molar-refractivity contribution in [1.82, 2.24) is 14.5 Å². The summed E-state index contributed by atoms with van der Waals surface area (Å²) < 4.78 is 3.30. The normalized spacial score (nSPS) is 16.4. The van der Waals surface area contributed by atoms with Crippen molar-refractivity contribution in [3.8, 4) is 0 Å². The Hall–Kier alpha value is -2.04. The van der Waals surface area contributed by atoms with Crippen LogP contribution in [0, 0.1) is 0 Å². The number of fused-ring (bicyclic) bond motifs is 1. The number of nitrogens with zero attached hydrogens (tertiary/aromatic N) is 2. The van der Waals surface area contributed by atoms with E-state index in [0.29, 0.717) is 6.54 Å². The minimum atomic E-state index is -0.107. The molecule has 0 unspecified atom stereocenters. The molecule has 0 saturated heterocycles. The monoisotopic (exact) mass is 315 g/mol. The summed E-state index contributed by atoms with van der Waals surface area (Å²) in [6.45, 7) is 2.66. The van der Waals surface area contributed by atoms with Gasteiger partial charge in [-0.2, -0.15) is 0 Å². The van der Waals surface area contributed by atoms with Crippen LogP contribution in [-0.2, 0) is 17.9 Å². The molecule has 1 heterocycles. The average molecular weight is 315 g/mol. The fourth-order valence-corrected chi connectivity index (χ4v) is 3.57. The number of carbonyl (C=O) groups excluding carboxylic acids is 1. The third-order valence-corrected chi connectivity index (χ3v) is 4.76. The molecular formula is C18H25N3O2. The van der Waals surface area contributed by atoms with Crippen molar-refractivity contribution in [1.29, 1.82) is 0 Å². The lowest BCUT2D eigenvalue weighted by atomic mass is 10.1. The van der Waals surface area contributed by atoms with E-state index in [1.165, 1.54) is 25.7 Å². The van der Waals surface area contributed by atoms with Gasteiger partial charge in [0.2, 0.25) is 5.91 Å². The molecule has 2 aromatic rings. The molecule has 3 rings (SSSR count). The lowest BCUT2D eigenvalue weighted by Crippen LogP contribution is -2.38. The standard InChI is InChI=1S/C18H25N3O2/c1-2-20-15-11-7-8-12-16(15)21(18(20)23)13-17(22)19-14-9-5-3-4-6-10-14/h7-8,11-12,14H,2-6,9-10,13H2,1H3,(H,19,22). The third kappa shape index (κ3) is 3.33. The summed E-state index contributed by atoms with van der Waals surface area (Å²) in [5, 5.41) is 3.12. The molecule has 0 atom stereocenters. The van der Waals surface area contributed by atoms with Crippen LogP contribution in [0.25, 0.3) is 11.0 Å². The fraction of sp³-hybridized carbons (Fsp3) is 0.556. The number of carbonyl (C=O) groups is 1. The first-order chi connectivity index (χ1) is 11.2. The Morgan fingerprint density at radius 3 is 2.30 bits per heavy atom. The van der Waals surface area contributed by atoms with Crippen molar-refractivity contribution in [2.45, 2.75) is 64.6 Å². The van der Waals surface area contributed by atoms with E-state index in [1.54, 1.807) is 9.13 Å². The SMILES string of the molecule is CCn1c(=O)n(CC(=O)NC2CCCCCC2)c2ccccc21. The summed E-state index contributed by atoms with van der Waals surface area (Å²) in [6.07, 6.45) is 6.99. The van der Waals surface area contributed by atoms with E-state index >= 15 is 0 Å². The molecule has 1 aliphatic carbocycles. The highest BCUT2D eigenvalue weighted by Crippen LogP contribution is 2.17. The summed E-state index contributed by atoms with van der Waals surface area (Å²) in [4.78, 5) is 25.0. The number of hydrogen-bond donors (Lipinski definition) is 1. The maximum absolute atomic E-state index is 12.5. The van der Waals surface area contributed by atoms with E-state index in [0.717, 1.165) is 23.9 Å². The molecule has 1 aromatic heterocycles. The van der Waals surface area contributed by atoms with Gasteiger partial charge in [0.1, 0.15) is 6.54 Å². The zero-order valence-corrected chi connectivity index (χ0v) is 13.8. The van der Waals surface area contributed by atoms with E-state index in [-0.39, 0.29) is 24.2 Å². The highest BCUT2D eigenvalue weighted by molar-refractivity contribution is 5.81. The third-order valence-electron chi connectivity index (χ3n) is 4.76. The topological polar surface area (TPSA) is 56.0 Å². The van der Waals surface area contributed by atoms with Crippen molar-refractivity contribution in [2.24, 2.45) is 0 Å². The molecule has 1 saturated carbocycles. The van der Waals surface area contributed by atoms with Crippen LogP contribution in [0.15, 0.2) is 29.1 Å². The molecule has 0 aliphatic heterocycles. The van der Waals surface area contributed by atoms with Crippen LogP contribution in [0.1, 0.15) is 45.4 Å². The molecule has 1 N–H and O–H groups in total. The second kappa shape index (κ2) is 7.02. The first-order valence-electron chi connectivity index (χ1n) is 8.68. The minimum absolute atomic E-state index is 0.0574. The number of aromatic nitrogens is 2. The Bertz CT molecular complexity index is 736. The van der Waals surface area contributed by atoms with Gasteiger partial charge < -0.3 is 5.32 Å². The summed E-state index contributed by atoms with van der Waals surface area (Å²) >= 11 is 0. The zero-order valence-electron chi connectivity index (χ0n) is 13.8. The van der Waals surface area contributed by atoms with Crippen molar-refractivity contribution in [2.75, 3.05) is 0 Å². The Morgan fingerprint density at radius 1 is 1.09 bits per heavy atom. The second-order valence-corrected chi connectivity index (χ2v) is 6.36. The van der Waals surface area contributed by atoms with Gasteiger partial charge in [0.25, 0.3) is 0 Å². The Kier molecular flexibility index (Phi) is 4.84. The smallest absolute Gasteiger partial charge is 0.329 e. The molecule has 1 fully saturated rings.